The largest absolute Gasteiger partial charge is 0.494 e. The summed E-state index contributed by atoms with van der Waals surface area (Å²) in [5.41, 5.74) is 0.122. The molecule has 188 valence electrons. The van der Waals surface area contributed by atoms with Gasteiger partial charge in [0.15, 0.2) is 5.75 Å². The molecule has 1 aromatic rings. The number of anilines is 1. The van der Waals surface area contributed by atoms with Crippen molar-refractivity contribution >= 4 is 41.2 Å². The minimum absolute atomic E-state index is 0.0440. The van der Waals surface area contributed by atoms with E-state index in [0.29, 0.717) is 17.9 Å². The fraction of sp³-hybridized carbons (Fsp3) is 0.478. The van der Waals surface area contributed by atoms with Gasteiger partial charge in [-0.1, -0.05) is 13.0 Å². The van der Waals surface area contributed by atoms with E-state index in [4.69, 9.17) is 4.74 Å². The second-order valence-electron chi connectivity index (χ2n) is 8.89. The fourth-order valence-electron chi connectivity index (χ4n) is 5.09. The van der Waals surface area contributed by atoms with Gasteiger partial charge in [0.1, 0.15) is 11.3 Å². The summed E-state index contributed by atoms with van der Waals surface area (Å²) in [6.07, 6.45) is -0.470. The SMILES string of the molecule is COc1c(NC(=O)C2CC(SC3=C(C(=O)O)N4C(=O)C(C(C)O)C4C3C)CN2)cccc1C(=O)O. The van der Waals surface area contributed by atoms with Crippen LogP contribution in [-0.2, 0) is 14.4 Å². The maximum absolute atomic E-state index is 12.9. The quantitative estimate of drug-likeness (QED) is 0.321. The lowest BCUT2D eigenvalue weighted by Gasteiger charge is -2.46. The maximum Gasteiger partial charge on any atom is 0.353 e. The Kier molecular flexibility index (Phi) is 6.80. The van der Waals surface area contributed by atoms with Crippen LogP contribution in [0.2, 0.25) is 0 Å². The zero-order valence-electron chi connectivity index (χ0n) is 19.3. The molecule has 0 spiro atoms. The standard InChI is InChI=1S/C23H27N3O8S/c1-9-16-15(10(2)27)21(29)26(16)17(23(32)33)19(9)35-11-7-14(24-8-11)20(28)25-13-6-4-5-12(22(30)31)18(13)34-3/h4-6,9-11,14-16,24,27H,7-8H2,1-3H3,(H,25,28)(H,30,31)(H,32,33). The number of thioether (sulfide) groups is 1. The zero-order valence-corrected chi connectivity index (χ0v) is 20.2. The molecular weight excluding hydrogens is 478 g/mol. The molecule has 1 aromatic carbocycles. The number of fused-ring (bicyclic) bond motifs is 1. The van der Waals surface area contributed by atoms with Crippen molar-refractivity contribution in [3.05, 3.63) is 34.4 Å². The summed E-state index contributed by atoms with van der Waals surface area (Å²) in [5.74, 6) is -3.95. The number of β-lactam (4-membered cyclic amide) rings is 1. The van der Waals surface area contributed by atoms with Crippen molar-refractivity contribution in [2.75, 3.05) is 19.0 Å². The van der Waals surface area contributed by atoms with E-state index in [1.807, 2.05) is 6.92 Å². The average molecular weight is 506 g/mol. The molecule has 2 saturated heterocycles. The summed E-state index contributed by atoms with van der Waals surface area (Å²) >= 11 is 1.34. The van der Waals surface area contributed by atoms with Crippen molar-refractivity contribution < 1.29 is 39.2 Å². The normalized spacial score (nSPS) is 28.4. The third kappa shape index (κ3) is 4.26. The third-order valence-corrected chi connectivity index (χ3v) is 8.23. The number of aliphatic hydroxyl groups is 1. The summed E-state index contributed by atoms with van der Waals surface area (Å²) in [6.45, 7) is 3.83. The van der Waals surface area contributed by atoms with Crippen molar-refractivity contribution in [3.63, 3.8) is 0 Å². The molecule has 6 atom stereocenters. The number of carboxylic acids is 2. The Morgan fingerprint density at radius 2 is 1.97 bits per heavy atom. The van der Waals surface area contributed by atoms with Gasteiger partial charge >= 0.3 is 11.9 Å². The van der Waals surface area contributed by atoms with Gasteiger partial charge in [-0.05, 0) is 25.5 Å². The highest BCUT2D eigenvalue weighted by atomic mass is 32.2. The van der Waals surface area contributed by atoms with Gasteiger partial charge in [0.25, 0.3) is 0 Å². The Bertz CT molecular complexity index is 1120. The Morgan fingerprint density at radius 1 is 1.26 bits per heavy atom. The van der Waals surface area contributed by atoms with Crippen molar-refractivity contribution in [1.82, 2.24) is 10.2 Å². The highest BCUT2D eigenvalue weighted by Gasteiger charge is 2.60. The summed E-state index contributed by atoms with van der Waals surface area (Å²) in [7, 11) is 1.32. The van der Waals surface area contributed by atoms with Gasteiger partial charge < -0.3 is 35.6 Å². The first-order valence-electron chi connectivity index (χ1n) is 11.2. The number of methoxy groups -OCH3 is 1. The van der Waals surface area contributed by atoms with E-state index in [1.54, 1.807) is 6.07 Å². The van der Waals surface area contributed by atoms with Crippen LogP contribution in [0.1, 0.15) is 30.6 Å². The minimum Gasteiger partial charge on any atom is -0.494 e. The summed E-state index contributed by atoms with van der Waals surface area (Å²) < 4.78 is 5.19. The van der Waals surface area contributed by atoms with Crippen LogP contribution in [0, 0.1) is 11.8 Å². The van der Waals surface area contributed by atoms with E-state index in [-0.39, 0.29) is 45.7 Å². The highest BCUT2D eigenvalue weighted by Crippen LogP contribution is 2.51. The first-order valence-corrected chi connectivity index (χ1v) is 12.0. The molecule has 3 heterocycles. The molecule has 3 aliphatic heterocycles. The summed E-state index contributed by atoms with van der Waals surface area (Å²) in [5, 5.41) is 34.8. The molecule has 0 saturated carbocycles. The zero-order chi connectivity index (χ0) is 25.6. The van der Waals surface area contributed by atoms with E-state index in [2.05, 4.69) is 10.6 Å². The summed E-state index contributed by atoms with van der Waals surface area (Å²) in [6, 6.07) is 3.46. The molecule has 6 unspecified atom stereocenters. The molecular formula is C23H27N3O8S. The van der Waals surface area contributed by atoms with Crippen LogP contribution in [0.4, 0.5) is 5.69 Å². The minimum atomic E-state index is -1.19. The number of nitrogens with one attached hydrogen (secondary N) is 2. The van der Waals surface area contributed by atoms with Gasteiger partial charge in [0.05, 0.1) is 36.9 Å². The lowest BCUT2D eigenvalue weighted by Crippen LogP contribution is -2.63. The third-order valence-electron chi connectivity index (χ3n) is 6.72. The van der Waals surface area contributed by atoms with Crippen LogP contribution >= 0.6 is 11.8 Å². The van der Waals surface area contributed by atoms with Crippen LogP contribution in [-0.4, -0.2) is 81.1 Å². The topological polar surface area (TPSA) is 165 Å². The van der Waals surface area contributed by atoms with Gasteiger partial charge in [-0.2, -0.15) is 0 Å². The van der Waals surface area contributed by atoms with Crippen molar-refractivity contribution in [2.24, 2.45) is 11.8 Å². The number of ether oxygens (including phenoxy) is 1. The lowest BCUT2D eigenvalue weighted by atomic mass is 9.79. The molecule has 2 fully saturated rings. The predicted molar refractivity (Wildman–Crippen MR) is 126 cm³/mol. The molecule has 11 nitrogen and oxygen atoms in total. The number of hydrogen-bond acceptors (Lipinski definition) is 8. The second-order valence-corrected chi connectivity index (χ2v) is 10.2. The van der Waals surface area contributed by atoms with E-state index in [9.17, 15) is 34.5 Å². The Hall–Kier alpha value is -3.09. The van der Waals surface area contributed by atoms with Crippen LogP contribution in [0.3, 0.4) is 0 Å². The molecule has 0 aromatic heterocycles. The van der Waals surface area contributed by atoms with Gasteiger partial charge in [-0.3, -0.25) is 9.59 Å². The Labute approximate surface area is 205 Å². The number of rotatable bonds is 8. The van der Waals surface area contributed by atoms with Crippen LogP contribution in [0.5, 0.6) is 5.75 Å². The molecule has 5 N–H and O–H groups in total. The van der Waals surface area contributed by atoms with Gasteiger partial charge in [0.2, 0.25) is 11.8 Å². The molecule has 2 amide bonds. The van der Waals surface area contributed by atoms with E-state index >= 15 is 0 Å². The lowest BCUT2D eigenvalue weighted by molar-refractivity contribution is -0.163. The smallest absolute Gasteiger partial charge is 0.353 e. The second kappa shape index (κ2) is 9.51. The number of para-hydroxylation sites is 1. The molecule has 35 heavy (non-hydrogen) atoms. The fourth-order valence-corrected chi connectivity index (χ4v) is 6.57. The number of nitrogens with zero attached hydrogens (tertiary/aromatic N) is 1. The first-order chi connectivity index (χ1) is 16.6. The number of aliphatic carboxylic acids is 1. The van der Waals surface area contributed by atoms with E-state index in [0.717, 1.165) is 0 Å². The number of carbonyl (C=O) groups excluding carboxylic acids is 2. The maximum atomic E-state index is 12.9. The molecule has 4 rings (SSSR count). The van der Waals surface area contributed by atoms with Crippen LogP contribution in [0.15, 0.2) is 28.8 Å². The molecule has 0 aliphatic carbocycles. The molecule has 12 heteroatoms. The van der Waals surface area contributed by atoms with Gasteiger partial charge in [-0.15, -0.1) is 11.8 Å². The van der Waals surface area contributed by atoms with Gasteiger partial charge in [-0.25, -0.2) is 9.59 Å². The van der Waals surface area contributed by atoms with Crippen LogP contribution in [0.25, 0.3) is 0 Å². The average Bonchev–Trinajstić information content (AvgIpc) is 3.35. The Morgan fingerprint density at radius 3 is 2.57 bits per heavy atom. The van der Waals surface area contributed by atoms with E-state index in [1.165, 1.54) is 42.8 Å². The number of carbonyl (C=O) groups is 4. The van der Waals surface area contributed by atoms with Crippen LogP contribution < -0.4 is 15.4 Å². The number of aliphatic hydroxyl groups excluding tert-OH is 1. The van der Waals surface area contributed by atoms with Gasteiger partial charge in [0, 0.05) is 22.6 Å². The molecule has 3 aliphatic rings. The van der Waals surface area contributed by atoms with Crippen molar-refractivity contribution in [3.8, 4) is 5.75 Å². The molecule has 0 radical (unpaired) electrons. The van der Waals surface area contributed by atoms with Crippen molar-refractivity contribution in [1.29, 1.82) is 0 Å². The number of aromatic carboxylic acids is 1. The number of amides is 2. The first kappa shape index (κ1) is 25.0. The summed E-state index contributed by atoms with van der Waals surface area (Å²) in [4.78, 5) is 50.7. The van der Waals surface area contributed by atoms with Crippen molar-refractivity contribution in [2.45, 2.75) is 43.7 Å². The van der Waals surface area contributed by atoms with E-state index < -0.39 is 36.0 Å². The number of carboxylic acid groups (broad SMARTS) is 2. The predicted octanol–water partition coefficient (Wildman–Crippen LogP) is 0.949. The highest BCUT2D eigenvalue weighted by molar-refractivity contribution is 8.03. The number of hydrogen-bond donors (Lipinski definition) is 5. The monoisotopic (exact) mass is 505 g/mol. The Balaban J connectivity index is 1.46. The molecule has 0 bridgehead atoms. The number of benzene rings is 1.